The van der Waals surface area contributed by atoms with Crippen molar-refractivity contribution >= 4 is 15.9 Å². The van der Waals surface area contributed by atoms with Gasteiger partial charge in [-0.05, 0) is 35.8 Å². The summed E-state index contributed by atoms with van der Waals surface area (Å²) < 4.78 is 0. The van der Waals surface area contributed by atoms with Gasteiger partial charge in [-0.15, -0.1) is 0 Å². The van der Waals surface area contributed by atoms with Crippen molar-refractivity contribution in [3.8, 4) is 0 Å². The lowest BCUT2D eigenvalue weighted by molar-refractivity contribution is 0.723. The van der Waals surface area contributed by atoms with Gasteiger partial charge in [0.1, 0.15) is 0 Å². The normalized spacial score (nSPS) is 14.9. The molecule has 0 aliphatic heterocycles. The lowest BCUT2D eigenvalue weighted by Crippen LogP contribution is -1.96. The molecule has 0 radical (unpaired) electrons. The molecule has 2 atom stereocenters. The molecular weight excluding hydrogens is 248 g/mol. The molecule has 1 heteroatoms. The van der Waals surface area contributed by atoms with Crippen LogP contribution in [0.15, 0.2) is 24.3 Å². The number of hydrogen-bond donors (Lipinski definition) is 0. The lowest BCUT2D eigenvalue weighted by atomic mass is 9.93. The fourth-order valence-electron chi connectivity index (χ4n) is 1.72. The summed E-state index contributed by atoms with van der Waals surface area (Å²) >= 11 is 3.50. The van der Waals surface area contributed by atoms with Crippen molar-refractivity contribution in [1.29, 1.82) is 0 Å². The van der Waals surface area contributed by atoms with E-state index in [0.717, 1.165) is 5.33 Å². The van der Waals surface area contributed by atoms with Crippen LogP contribution in [0.2, 0.25) is 0 Å². The van der Waals surface area contributed by atoms with Crippen molar-refractivity contribution in [3.05, 3.63) is 35.4 Å². The summed E-state index contributed by atoms with van der Waals surface area (Å²) in [5.41, 5.74) is 2.92. The summed E-state index contributed by atoms with van der Waals surface area (Å²) in [5.74, 6) is 1.35. The SMILES string of the molecule is CCC(C)c1ccc(C(C)CCBr)cc1. The number of alkyl halides is 1. The molecule has 0 aliphatic rings. The standard InChI is InChI=1S/C14H21Br/c1-4-11(2)13-5-7-14(8-6-13)12(3)9-10-15/h5-8,11-12H,4,9-10H2,1-3H3. The average Bonchev–Trinajstić information content (AvgIpc) is 2.28. The summed E-state index contributed by atoms with van der Waals surface area (Å²) in [6.45, 7) is 6.82. The monoisotopic (exact) mass is 268 g/mol. The molecule has 1 aromatic rings. The highest BCUT2D eigenvalue weighted by molar-refractivity contribution is 9.09. The van der Waals surface area contributed by atoms with Gasteiger partial charge in [-0.25, -0.2) is 0 Å². The van der Waals surface area contributed by atoms with E-state index in [4.69, 9.17) is 0 Å². The molecule has 0 heterocycles. The van der Waals surface area contributed by atoms with Gasteiger partial charge in [0.2, 0.25) is 0 Å². The van der Waals surface area contributed by atoms with Crippen molar-refractivity contribution in [2.24, 2.45) is 0 Å². The van der Waals surface area contributed by atoms with Gasteiger partial charge in [0.05, 0.1) is 0 Å². The van der Waals surface area contributed by atoms with E-state index in [-0.39, 0.29) is 0 Å². The fraction of sp³-hybridized carbons (Fsp3) is 0.571. The second-order valence-corrected chi connectivity index (χ2v) is 5.15. The van der Waals surface area contributed by atoms with E-state index in [1.54, 1.807) is 0 Å². The highest BCUT2D eigenvalue weighted by Crippen LogP contribution is 2.24. The van der Waals surface area contributed by atoms with E-state index in [9.17, 15) is 0 Å². The van der Waals surface area contributed by atoms with Crippen LogP contribution in [0.3, 0.4) is 0 Å². The van der Waals surface area contributed by atoms with Gasteiger partial charge >= 0.3 is 0 Å². The zero-order valence-corrected chi connectivity index (χ0v) is 11.5. The molecule has 2 unspecified atom stereocenters. The lowest BCUT2D eigenvalue weighted by Gasteiger charge is -2.13. The Bertz CT molecular complexity index is 276. The second kappa shape index (κ2) is 6.32. The third-order valence-corrected chi connectivity index (χ3v) is 3.69. The third-order valence-electron chi connectivity index (χ3n) is 3.23. The topological polar surface area (TPSA) is 0 Å². The van der Waals surface area contributed by atoms with Gasteiger partial charge in [-0.3, -0.25) is 0 Å². The Balaban J connectivity index is 2.71. The van der Waals surface area contributed by atoms with E-state index < -0.39 is 0 Å². The molecule has 84 valence electrons. The van der Waals surface area contributed by atoms with Crippen LogP contribution in [0.4, 0.5) is 0 Å². The first-order valence-electron chi connectivity index (χ1n) is 5.84. The van der Waals surface area contributed by atoms with Gasteiger partial charge in [-0.2, -0.15) is 0 Å². The molecule has 0 bridgehead atoms. The molecule has 1 aromatic carbocycles. The van der Waals surface area contributed by atoms with Crippen molar-refractivity contribution in [2.75, 3.05) is 5.33 Å². The molecule has 0 aliphatic carbocycles. The van der Waals surface area contributed by atoms with Crippen LogP contribution in [0.1, 0.15) is 56.6 Å². The van der Waals surface area contributed by atoms with Gasteiger partial charge < -0.3 is 0 Å². The third kappa shape index (κ3) is 3.64. The summed E-state index contributed by atoms with van der Waals surface area (Å²) in [6.07, 6.45) is 2.43. The molecule has 0 aromatic heterocycles. The van der Waals surface area contributed by atoms with E-state index >= 15 is 0 Å². The smallest absolute Gasteiger partial charge is 0.00370 e. The maximum absolute atomic E-state index is 3.50. The molecule has 0 amide bonds. The van der Waals surface area contributed by atoms with Crippen LogP contribution >= 0.6 is 15.9 Å². The fourth-order valence-corrected chi connectivity index (χ4v) is 2.41. The quantitative estimate of drug-likeness (QED) is 0.653. The Hall–Kier alpha value is -0.300. The van der Waals surface area contributed by atoms with Crippen LogP contribution in [-0.2, 0) is 0 Å². The van der Waals surface area contributed by atoms with Crippen LogP contribution in [0, 0.1) is 0 Å². The average molecular weight is 269 g/mol. The Morgan fingerprint density at radius 2 is 1.47 bits per heavy atom. The van der Waals surface area contributed by atoms with Gasteiger partial charge in [0.25, 0.3) is 0 Å². The zero-order valence-electron chi connectivity index (χ0n) is 9.96. The van der Waals surface area contributed by atoms with Crippen LogP contribution in [0.25, 0.3) is 0 Å². The predicted octanol–water partition coefficient (Wildman–Crippen LogP) is 5.09. The Morgan fingerprint density at radius 3 is 1.87 bits per heavy atom. The molecule has 0 fully saturated rings. The van der Waals surface area contributed by atoms with Crippen molar-refractivity contribution in [3.63, 3.8) is 0 Å². The first-order chi connectivity index (χ1) is 7.19. The van der Waals surface area contributed by atoms with Gasteiger partial charge in [-0.1, -0.05) is 61.0 Å². The van der Waals surface area contributed by atoms with Crippen LogP contribution < -0.4 is 0 Å². The molecular formula is C14H21Br. The minimum atomic E-state index is 0.662. The summed E-state index contributed by atoms with van der Waals surface area (Å²) in [5, 5.41) is 1.08. The van der Waals surface area contributed by atoms with E-state index in [0.29, 0.717) is 11.8 Å². The Kier molecular flexibility index (Phi) is 5.38. The predicted molar refractivity (Wildman–Crippen MR) is 72.0 cm³/mol. The summed E-state index contributed by atoms with van der Waals surface area (Å²) in [7, 11) is 0. The highest BCUT2D eigenvalue weighted by Gasteiger charge is 2.06. The minimum absolute atomic E-state index is 0.662. The van der Waals surface area contributed by atoms with Crippen LogP contribution in [-0.4, -0.2) is 5.33 Å². The number of hydrogen-bond acceptors (Lipinski definition) is 0. The molecule has 0 saturated carbocycles. The van der Waals surface area contributed by atoms with E-state index in [1.165, 1.54) is 24.0 Å². The largest absolute Gasteiger partial charge is 0.0928 e. The number of rotatable bonds is 5. The van der Waals surface area contributed by atoms with Gasteiger partial charge in [0, 0.05) is 5.33 Å². The molecule has 0 saturated heterocycles. The number of halogens is 1. The first-order valence-corrected chi connectivity index (χ1v) is 6.97. The van der Waals surface area contributed by atoms with Gasteiger partial charge in [0.15, 0.2) is 0 Å². The van der Waals surface area contributed by atoms with Crippen LogP contribution in [0.5, 0.6) is 0 Å². The molecule has 15 heavy (non-hydrogen) atoms. The summed E-state index contributed by atoms with van der Waals surface area (Å²) in [6, 6.07) is 9.14. The maximum Gasteiger partial charge on any atom is 0.00370 e. The zero-order chi connectivity index (χ0) is 11.3. The second-order valence-electron chi connectivity index (χ2n) is 4.35. The highest BCUT2D eigenvalue weighted by atomic mass is 79.9. The maximum atomic E-state index is 3.50. The first kappa shape index (κ1) is 12.8. The molecule has 0 spiro atoms. The van der Waals surface area contributed by atoms with Crippen molar-refractivity contribution in [2.45, 2.75) is 45.4 Å². The van der Waals surface area contributed by atoms with Crippen molar-refractivity contribution in [1.82, 2.24) is 0 Å². The minimum Gasteiger partial charge on any atom is -0.0928 e. The van der Waals surface area contributed by atoms with E-state index in [1.807, 2.05) is 0 Å². The number of benzene rings is 1. The molecule has 0 nitrogen and oxygen atoms in total. The Labute approximate surface area is 102 Å². The Morgan fingerprint density at radius 1 is 1.00 bits per heavy atom. The summed E-state index contributed by atoms with van der Waals surface area (Å²) in [4.78, 5) is 0. The molecule has 0 N–H and O–H groups in total. The molecule has 1 rings (SSSR count). The van der Waals surface area contributed by atoms with E-state index in [2.05, 4.69) is 61.0 Å². The van der Waals surface area contributed by atoms with Crippen molar-refractivity contribution < 1.29 is 0 Å².